The Morgan fingerprint density at radius 3 is 2.88 bits per heavy atom. The molecule has 3 N–H and O–H groups in total. The second-order valence-electron chi connectivity index (χ2n) is 7.53. The molecule has 164 valence electrons. The van der Waals surface area contributed by atoms with Crippen LogP contribution in [0.15, 0.2) is 52.2 Å². The Hall–Kier alpha value is -3.11. The standard InChI is InChI=1S/C22H19FN4O3S2/c23-15-4-3-14(10-17(15)24-18(28)9-12-7-8-31-11-12)30-19-6-5-16-21(26-19)32-22(25-16)27-20(29)13-1-2-13/h3-8,10-11,13,22,25H,1-2,9H2,(H,24,28)(H,27,29). The molecule has 1 saturated carbocycles. The topological polar surface area (TPSA) is 92.3 Å². The van der Waals surface area contributed by atoms with Gasteiger partial charge in [0.2, 0.25) is 17.7 Å². The second kappa shape index (κ2) is 8.79. The summed E-state index contributed by atoms with van der Waals surface area (Å²) in [5, 5.41) is 13.2. The first-order valence-corrected chi connectivity index (χ1v) is 11.9. The Kier molecular flexibility index (Phi) is 5.71. The van der Waals surface area contributed by atoms with Gasteiger partial charge in [-0.2, -0.15) is 11.3 Å². The van der Waals surface area contributed by atoms with Crippen molar-refractivity contribution in [1.82, 2.24) is 10.3 Å². The fourth-order valence-electron chi connectivity index (χ4n) is 3.18. The Morgan fingerprint density at radius 1 is 1.22 bits per heavy atom. The van der Waals surface area contributed by atoms with Crippen molar-refractivity contribution < 1.29 is 18.7 Å². The van der Waals surface area contributed by atoms with E-state index in [1.165, 1.54) is 41.3 Å². The summed E-state index contributed by atoms with van der Waals surface area (Å²) in [6.07, 6.45) is 2.06. The molecule has 1 unspecified atom stereocenters. The highest BCUT2D eigenvalue weighted by Crippen LogP contribution is 2.39. The molecule has 2 aromatic heterocycles. The summed E-state index contributed by atoms with van der Waals surface area (Å²) < 4.78 is 20.0. The summed E-state index contributed by atoms with van der Waals surface area (Å²) in [5.74, 6) is 0.00272. The van der Waals surface area contributed by atoms with E-state index in [4.69, 9.17) is 4.74 Å². The predicted molar refractivity (Wildman–Crippen MR) is 121 cm³/mol. The number of fused-ring (bicyclic) bond motifs is 1. The summed E-state index contributed by atoms with van der Waals surface area (Å²) in [5.41, 5.74) is 1.46. The van der Waals surface area contributed by atoms with Crippen LogP contribution in [0, 0.1) is 11.7 Å². The number of ether oxygens (including phenoxy) is 1. The third-order valence-corrected chi connectivity index (χ3v) is 6.69. The number of nitrogens with zero attached hydrogens (tertiary/aromatic N) is 1. The summed E-state index contributed by atoms with van der Waals surface area (Å²) in [6, 6.07) is 9.51. The lowest BCUT2D eigenvalue weighted by Crippen LogP contribution is -2.36. The number of hydrogen-bond donors (Lipinski definition) is 3. The van der Waals surface area contributed by atoms with Crippen LogP contribution < -0.4 is 20.7 Å². The number of hydrogen-bond acceptors (Lipinski definition) is 7. The van der Waals surface area contributed by atoms with Crippen LogP contribution in [0.4, 0.5) is 15.8 Å². The number of carbonyl (C=O) groups excluding carboxylic acids is 2. The highest BCUT2D eigenvalue weighted by atomic mass is 32.2. The molecule has 0 spiro atoms. The van der Waals surface area contributed by atoms with Crippen molar-refractivity contribution in [3.63, 3.8) is 0 Å². The molecular formula is C22H19FN4O3S2. The molecule has 5 rings (SSSR count). The van der Waals surface area contributed by atoms with Crippen LogP contribution in [0.2, 0.25) is 0 Å². The number of anilines is 2. The summed E-state index contributed by atoms with van der Waals surface area (Å²) >= 11 is 2.90. The Morgan fingerprint density at radius 2 is 2.09 bits per heavy atom. The van der Waals surface area contributed by atoms with E-state index in [1.807, 2.05) is 22.9 Å². The number of pyridine rings is 1. The molecule has 32 heavy (non-hydrogen) atoms. The molecule has 3 heterocycles. The van der Waals surface area contributed by atoms with Crippen molar-refractivity contribution >= 4 is 46.3 Å². The molecule has 2 amide bonds. The van der Waals surface area contributed by atoms with Gasteiger partial charge in [-0.05, 0) is 53.4 Å². The summed E-state index contributed by atoms with van der Waals surface area (Å²) in [7, 11) is 0. The van der Waals surface area contributed by atoms with Crippen molar-refractivity contribution in [2.24, 2.45) is 5.92 Å². The van der Waals surface area contributed by atoms with Crippen LogP contribution in [0.25, 0.3) is 0 Å². The maximum absolute atomic E-state index is 14.2. The van der Waals surface area contributed by atoms with Crippen molar-refractivity contribution in [1.29, 1.82) is 0 Å². The van der Waals surface area contributed by atoms with Crippen molar-refractivity contribution in [3.05, 3.63) is 58.5 Å². The van der Waals surface area contributed by atoms with Gasteiger partial charge in [0.05, 0.1) is 17.8 Å². The van der Waals surface area contributed by atoms with Crippen LogP contribution in [0.1, 0.15) is 18.4 Å². The number of carbonyl (C=O) groups is 2. The highest BCUT2D eigenvalue weighted by Gasteiger charge is 2.33. The second-order valence-corrected chi connectivity index (χ2v) is 9.40. The van der Waals surface area contributed by atoms with Gasteiger partial charge in [0, 0.05) is 18.1 Å². The molecule has 7 nitrogen and oxygen atoms in total. The minimum Gasteiger partial charge on any atom is -0.439 e. The number of thiophene rings is 1. The molecule has 1 aromatic carbocycles. The quantitative estimate of drug-likeness (QED) is 0.468. The normalized spacial score (nSPS) is 16.7. The van der Waals surface area contributed by atoms with Crippen molar-refractivity contribution in [2.75, 3.05) is 10.6 Å². The summed E-state index contributed by atoms with van der Waals surface area (Å²) in [6.45, 7) is 0. The van der Waals surface area contributed by atoms with Crippen molar-refractivity contribution in [2.45, 2.75) is 29.8 Å². The lowest BCUT2D eigenvalue weighted by atomic mass is 10.2. The minimum atomic E-state index is -0.549. The Bertz CT molecular complexity index is 1170. The van der Waals surface area contributed by atoms with Gasteiger partial charge >= 0.3 is 0 Å². The zero-order valence-corrected chi connectivity index (χ0v) is 18.4. The van der Waals surface area contributed by atoms with Gasteiger partial charge in [-0.15, -0.1) is 0 Å². The van der Waals surface area contributed by atoms with Gasteiger partial charge in [0.15, 0.2) is 5.50 Å². The van der Waals surface area contributed by atoms with E-state index in [1.54, 1.807) is 6.07 Å². The van der Waals surface area contributed by atoms with E-state index in [9.17, 15) is 14.0 Å². The van der Waals surface area contributed by atoms with Gasteiger partial charge in [-0.3, -0.25) is 9.59 Å². The van der Waals surface area contributed by atoms with E-state index >= 15 is 0 Å². The average molecular weight is 471 g/mol. The zero-order chi connectivity index (χ0) is 22.1. The van der Waals surface area contributed by atoms with Crippen LogP contribution in [0.3, 0.4) is 0 Å². The first-order chi connectivity index (χ1) is 15.5. The van der Waals surface area contributed by atoms with E-state index in [0.29, 0.717) is 16.7 Å². The van der Waals surface area contributed by atoms with Gasteiger partial charge in [0.25, 0.3) is 0 Å². The molecule has 0 bridgehead atoms. The average Bonchev–Trinajstić information content (AvgIpc) is 3.36. The Labute approximate surface area is 191 Å². The smallest absolute Gasteiger partial charge is 0.228 e. The maximum atomic E-state index is 14.2. The molecule has 2 aliphatic rings. The van der Waals surface area contributed by atoms with Gasteiger partial charge in [-0.25, -0.2) is 9.37 Å². The minimum absolute atomic E-state index is 0.0442. The predicted octanol–water partition coefficient (Wildman–Crippen LogP) is 4.58. The van der Waals surface area contributed by atoms with E-state index in [2.05, 4.69) is 20.9 Å². The number of aromatic nitrogens is 1. The lowest BCUT2D eigenvalue weighted by Gasteiger charge is -2.11. The molecule has 1 aliphatic carbocycles. The number of halogens is 1. The number of rotatable bonds is 7. The van der Waals surface area contributed by atoms with Gasteiger partial charge < -0.3 is 20.7 Å². The molecule has 1 fully saturated rings. The number of amides is 2. The third kappa shape index (κ3) is 4.86. The molecule has 0 radical (unpaired) electrons. The van der Waals surface area contributed by atoms with Crippen LogP contribution in [-0.4, -0.2) is 22.3 Å². The first-order valence-electron chi connectivity index (χ1n) is 10.1. The van der Waals surface area contributed by atoms with Gasteiger partial charge in [0.1, 0.15) is 16.6 Å². The SMILES string of the molecule is O=C(Cc1ccsc1)Nc1cc(Oc2ccc3c(n2)SC(NC(=O)C2CC2)N3)ccc1F. The van der Waals surface area contributed by atoms with E-state index in [-0.39, 0.29) is 35.3 Å². The highest BCUT2D eigenvalue weighted by molar-refractivity contribution is 8.00. The fourth-order valence-corrected chi connectivity index (χ4v) is 4.83. The number of benzene rings is 1. The van der Waals surface area contributed by atoms with Crippen LogP contribution in [-0.2, 0) is 16.0 Å². The molecule has 3 aromatic rings. The van der Waals surface area contributed by atoms with Crippen LogP contribution >= 0.6 is 23.1 Å². The maximum Gasteiger partial charge on any atom is 0.228 e. The number of thioether (sulfide) groups is 1. The molecule has 0 saturated heterocycles. The van der Waals surface area contributed by atoms with Gasteiger partial charge in [-0.1, -0.05) is 11.8 Å². The number of nitrogens with one attached hydrogen (secondary N) is 3. The third-order valence-electron chi connectivity index (χ3n) is 4.95. The first kappa shape index (κ1) is 20.8. The molecule has 1 aliphatic heterocycles. The van der Waals surface area contributed by atoms with E-state index in [0.717, 1.165) is 24.1 Å². The van der Waals surface area contributed by atoms with Crippen LogP contribution in [0.5, 0.6) is 11.6 Å². The summed E-state index contributed by atoms with van der Waals surface area (Å²) in [4.78, 5) is 28.7. The van der Waals surface area contributed by atoms with E-state index < -0.39 is 5.82 Å². The Balaban J connectivity index is 1.23. The zero-order valence-electron chi connectivity index (χ0n) is 16.8. The molecule has 10 heteroatoms. The molecule has 1 atom stereocenters. The lowest BCUT2D eigenvalue weighted by molar-refractivity contribution is -0.122. The fraction of sp³-hybridized carbons (Fsp3) is 0.227. The largest absolute Gasteiger partial charge is 0.439 e. The van der Waals surface area contributed by atoms with Crippen molar-refractivity contribution in [3.8, 4) is 11.6 Å². The molecular weight excluding hydrogens is 451 g/mol. The monoisotopic (exact) mass is 470 g/mol.